The zero-order valence-electron chi connectivity index (χ0n) is 9.72. The minimum atomic E-state index is 0.167. The second-order valence-electron chi connectivity index (χ2n) is 4.29. The first kappa shape index (κ1) is 11.4. The fourth-order valence-electron chi connectivity index (χ4n) is 2.03. The lowest BCUT2D eigenvalue weighted by Gasteiger charge is -2.34. The Labute approximate surface area is 96.6 Å². The van der Waals surface area contributed by atoms with E-state index in [0.717, 1.165) is 26.1 Å². The standard InChI is InChI=1S/C13H19NO2/c1-11-2-4-12(5-3-11)14-7-9-16-13(10-14)6-8-15/h2-5,13,15H,6-10H2,1H3. The van der Waals surface area contributed by atoms with Crippen molar-refractivity contribution >= 4 is 5.69 Å². The van der Waals surface area contributed by atoms with Crippen molar-refractivity contribution in [3.8, 4) is 0 Å². The summed E-state index contributed by atoms with van der Waals surface area (Å²) in [5.74, 6) is 0. The highest BCUT2D eigenvalue weighted by atomic mass is 16.5. The van der Waals surface area contributed by atoms with Crippen LogP contribution >= 0.6 is 0 Å². The molecule has 0 amide bonds. The molecule has 0 aliphatic carbocycles. The van der Waals surface area contributed by atoms with E-state index in [2.05, 4.69) is 36.1 Å². The van der Waals surface area contributed by atoms with E-state index >= 15 is 0 Å². The van der Waals surface area contributed by atoms with Gasteiger partial charge in [-0.15, -0.1) is 0 Å². The highest BCUT2D eigenvalue weighted by molar-refractivity contribution is 5.47. The number of benzene rings is 1. The first-order valence-corrected chi connectivity index (χ1v) is 5.83. The number of nitrogens with zero attached hydrogens (tertiary/aromatic N) is 1. The molecule has 0 saturated carbocycles. The first-order valence-electron chi connectivity index (χ1n) is 5.83. The third-order valence-corrected chi connectivity index (χ3v) is 2.99. The van der Waals surface area contributed by atoms with E-state index in [4.69, 9.17) is 9.84 Å². The van der Waals surface area contributed by atoms with Gasteiger partial charge in [0.1, 0.15) is 0 Å². The highest BCUT2D eigenvalue weighted by Gasteiger charge is 2.19. The van der Waals surface area contributed by atoms with E-state index in [1.165, 1.54) is 11.3 Å². The summed E-state index contributed by atoms with van der Waals surface area (Å²) in [4.78, 5) is 2.32. The van der Waals surface area contributed by atoms with Crippen LogP contribution in [-0.4, -0.2) is 37.5 Å². The maximum atomic E-state index is 8.91. The molecule has 0 radical (unpaired) electrons. The number of aryl methyl sites for hydroxylation is 1. The summed E-state index contributed by atoms with van der Waals surface area (Å²) in [6.07, 6.45) is 0.891. The zero-order chi connectivity index (χ0) is 11.4. The van der Waals surface area contributed by atoms with Gasteiger partial charge in [-0.05, 0) is 25.5 Å². The molecule has 3 nitrogen and oxygen atoms in total. The minimum absolute atomic E-state index is 0.167. The van der Waals surface area contributed by atoms with Crippen LogP contribution in [0.1, 0.15) is 12.0 Å². The van der Waals surface area contributed by atoms with Crippen molar-refractivity contribution in [2.75, 3.05) is 31.2 Å². The van der Waals surface area contributed by atoms with Gasteiger partial charge in [0.2, 0.25) is 0 Å². The Bertz CT molecular complexity index is 321. The molecule has 0 bridgehead atoms. The van der Waals surface area contributed by atoms with Crippen molar-refractivity contribution < 1.29 is 9.84 Å². The summed E-state index contributed by atoms with van der Waals surface area (Å²) < 4.78 is 5.59. The Morgan fingerprint density at radius 3 is 2.81 bits per heavy atom. The van der Waals surface area contributed by atoms with Crippen LogP contribution in [0.4, 0.5) is 5.69 Å². The zero-order valence-corrected chi connectivity index (χ0v) is 9.72. The van der Waals surface area contributed by atoms with Gasteiger partial charge >= 0.3 is 0 Å². The number of hydrogen-bond acceptors (Lipinski definition) is 3. The molecule has 16 heavy (non-hydrogen) atoms. The van der Waals surface area contributed by atoms with Gasteiger partial charge in [0, 0.05) is 25.4 Å². The van der Waals surface area contributed by atoms with Crippen molar-refractivity contribution in [3.05, 3.63) is 29.8 Å². The molecule has 1 fully saturated rings. The topological polar surface area (TPSA) is 32.7 Å². The summed E-state index contributed by atoms with van der Waals surface area (Å²) in [6.45, 7) is 4.86. The molecule has 1 N–H and O–H groups in total. The monoisotopic (exact) mass is 221 g/mol. The summed E-state index contributed by atoms with van der Waals surface area (Å²) in [5, 5.41) is 8.91. The van der Waals surface area contributed by atoms with Gasteiger partial charge < -0.3 is 14.7 Å². The maximum Gasteiger partial charge on any atom is 0.0772 e. The molecule has 0 aromatic heterocycles. The summed E-state index contributed by atoms with van der Waals surface area (Å²) in [5.41, 5.74) is 2.53. The van der Waals surface area contributed by atoms with E-state index < -0.39 is 0 Å². The lowest BCUT2D eigenvalue weighted by molar-refractivity contribution is 0.0247. The predicted molar refractivity (Wildman–Crippen MR) is 64.8 cm³/mol. The second kappa shape index (κ2) is 5.32. The average Bonchev–Trinajstić information content (AvgIpc) is 2.31. The van der Waals surface area contributed by atoms with Crippen molar-refractivity contribution in [2.24, 2.45) is 0 Å². The lowest BCUT2D eigenvalue weighted by Crippen LogP contribution is -2.42. The highest BCUT2D eigenvalue weighted by Crippen LogP contribution is 2.19. The van der Waals surface area contributed by atoms with Gasteiger partial charge in [-0.1, -0.05) is 17.7 Å². The van der Waals surface area contributed by atoms with Gasteiger partial charge in [0.05, 0.1) is 12.7 Å². The van der Waals surface area contributed by atoms with Crippen LogP contribution in [-0.2, 0) is 4.74 Å². The van der Waals surface area contributed by atoms with E-state index in [9.17, 15) is 0 Å². The van der Waals surface area contributed by atoms with Gasteiger partial charge in [0.25, 0.3) is 0 Å². The molecule has 1 atom stereocenters. The lowest BCUT2D eigenvalue weighted by atomic mass is 10.1. The number of rotatable bonds is 3. The molecule has 1 unspecified atom stereocenters. The van der Waals surface area contributed by atoms with Crippen LogP contribution in [0.15, 0.2) is 24.3 Å². The fraction of sp³-hybridized carbons (Fsp3) is 0.538. The third-order valence-electron chi connectivity index (χ3n) is 2.99. The fourth-order valence-corrected chi connectivity index (χ4v) is 2.03. The number of morpholine rings is 1. The number of hydrogen-bond donors (Lipinski definition) is 1. The maximum absolute atomic E-state index is 8.91. The van der Waals surface area contributed by atoms with Crippen molar-refractivity contribution in [1.29, 1.82) is 0 Å². The molecule has 1 heterocycles. The predicted octanol–water partition coefficient (Wildman–Crippen LogP) is 1.58. The quantitative estimate of drug-likeness (QED) is 0.841. The van der Waals surface area contributed by atoms with Crippen LogP contribution in [0.2, 0.25) is 0 Å². The van der Waals surface area contributed by atoms with Gasteiger partial charge in [-0.25, -0.2) is 0 Å². The second-order valence-corrected chi connectivity index (χ2v) is 4.29. The third kappa shape index (κ3) is 2.74. The summed E-state index contributed by atoms with van der Waals surface area (Å²) in [7, 11) is 0. The molecular weight excluding hydrogens is 202 g/mol. The SMILES string of the molecule is Cc1ccc(N2CCOC(CCO)C2)cc1. The molecule has 2 rings (SSSR count). The van der Waals surface area contributed by atoms with Crippen LogP contribution in [0, 0.1) is 6.92 Å². The van der Waals surface area contributed by atoms with E-state index in [1.54, 1.807) is 0 Å². The summed E-state index contributed by atoms with van der Waals surface area (Å²) >= 11 is 0. The Morgan fingerprint density at radius 1 is 1.38 bits per heavy atom. The number of aliphatic hydroxyl groups excluding tert-OH is 1. The van der Waals surface area contributed by atoms with E-state index in [1.807, 2.05) is 0 Å². The number of ether oxygens (including phenoxy) is 1. The van der Waals surface area contributed by atoms with E-state index in [-0.39, 0.29) is 12.7 Å². The smallest absolute Gasteiger partial charge is 0.0772 e. The Balaban J connectivity index is 2.01. The molecule has 0 spiro atoms. The average molecular weight is 221 g/mol. The normalized spacial score (nSPS) is 21.1. The molecule has 1 saturated heterocycles. The molecule has 3 heteroatoms. The molecule has 1 aliphatic rings. The molecule has 1 aromatic rings. The molecule has 1 aliphatic heterocycles. The Hall–Kier alpha value is -1.06. The van der Waals surface area contributed by atoms with Crippen LogP contribution < -0.4 is 4.90 Å². The van der Waals surface area contributed by atoms with Crippen LogP contribution in [0.25, 0.3) is 0 Å². The Morgan fingerprint density at radius 2 is 2.12 bits per heavy atom. The van der Waals surface area contributed by atoms with Crippen LogP contribution in [0.5, 0.6) is 0 Å². The van der Waals surface area contributed by atoms with Crippen molar-refractivity contribution in [3.63, 3.8) is 0 Å². The van der Waals surface area contributed by atoms with Crippen molar-refractivity contribution in [1.82, 2.24) is 0 Å². The first-order chi connectivity index (χ1) is 7.79. The van der Waals surface area contributed by atoms with Gasteiger partial charge in [-0.2, -0.15) is 0 Å². The molecule has 88 valence electrons. The molecule has 1 aromatic carbocycles. The van der Waals surface area contributed by atoms with Crippen LogP contribution in [0.3, 0.4) is 0 Å². The molecular formula is C13H19NO2. The van der Waals surface area contributed by atoms with Gasteiger partial charge in [0.15, 0.2) is 0 Å². The number of aliphatic hydroxyl groups is 1. The van der Waals surface area contributed by atoms with Crippen molar-refractivity contribution in [2.45, 2.75) is 19.4 Å². The Kier molecular flexibility index (Phi) is 3.80. The van der Waals surface area contributed by atoms with E-state index in [0.29, 0.717) is 0 Å². The largest absolute Gasteiger partial charge is 0.396 e. The summed E-state index contributed by atoms with van der Waals surface area (Å²) in [6, 6.07) is 8.56. The van der Waals surface area contributed by atoms with Gasteiger partial charge in [-0.3, -0.25) is 0 Å². The minimum Gasteiger partial charge on any atom is -0.396 e. The number of anilines is 1.